The molecule has 52 heavy (non-hydrogen) atoms. The molecule has 0 aromatic heterocycles. The number of aromatic hydroxyl groups is 2. The zero-order valence-electron chi connectivity index (χ0n) is 28.9. The van der Waals surface area contributed by atoms with Crippen molar-refractivity contribution in [2.45, 2.75) is 82.6 Å². The van der Waals surface area contributed by atoms with Crippen LogP contribution >= 0.6 is 0 Å². The van der Waals surface area contributed by atoms with E-state index in [-0.39, 0.29) is 54.2 Å². The molecular weight excluding hydrogens is 690 g/mol. The molecule has 0 saturated carbocycles. The van der Waals surface area contributed by atoms with Crippen LogP contribution < -0.4 is 10.1 Å². The average molecular weight is 732 g/mol. The Hall–Kier alpha value is -4.49. The number of rotatable bonds is 13. The number of ketones is 3. The summed E-state index contributed by atoms with van der Waals surface area (Å²) in [5, 5.41) is 58.4. The van der Waals surface area contributed by atoms with Gasteiger partial charge in [-0.15, -0.1) is 0 Å². The third-order valence-electron chi connectivity index (χ3n) is 9.26. The van der Waals surface area contributed by atoms with Gasteiger partial charge in [0.15, 0.2) is 17.9 Å². The molecule has 1 fully saturated rings. The molecule has 17 nitrogen and oxygen atoms in total. The number of carbonyl (C=O) groups excluding carboxylic acids is 5. The molecule has 3 aliphatic rings. The Morgan fingerprint density at radius 3 is 2.35 bits per heavy atom. The number of fused-ring (bicyclic) bond motifs is 3. The van der Waals surface area contributed by atoms with E-state index < -0.39 is 114 Å². The van der Waals surface area contributed by atoms with Crippen LogP contribution in [0.25, 0.3) is 0 Å². The predicted octanol–water partition coefficient (Wildman–Crippen LogP) is 0.101. The molecule has 282 valence electrons. The van der Waals surface area contributed by atoms with E-state index in [4.69, 9.17) is 28.4 Å². The number of phenols is 2. The van der Waals surface area contributed by atoms with E-state index in [1.54, 1.807) is 6.92 Å². The summed E-state index contributed by atoms with van der Waals surface area (Å²) in [7, 11) is 1.31. The number of hydrogen-bond acceptors (Lipinski definition) is 17. The SMILES string of the molecule is COc1cccc2c1C(=O)c1c(O)c3c(c(O)c1C2=O)C[C@@](O)(C(=O)CO)C[C@@H]3O[C@H]1C[C@H](NCCOCC(OC(C)=O)OC(C)=O)[C@H](O)[C@H](C)O1. The quantitative estimate of drug-likeness (QED) is 0.0590. The third-order valence-corrected chi connectivity index (χ3v) is 9.26. The first-order valence-corrected chi connectivity index (χ1v) is 16.5. The Morgan fingerprint density at radius 2 is 1.71 bits per heavy atom. The molecule has 1 saturated heterocycles. The van der Waals surface area contributed by atoms with Gasteiger partial charge in [0.2, 0.25) is 5.78 Å². The van der Waals surface area contributed by atoms with Gasteiger partial charge in [-0.1, -0.05) is 12.1 Å². The molecule has 1 heterocycles. The van der Waals surface area contributed by atoms with Gasteiger partial charge in [-0.25, -0.2) is 0 Å². The molecule has 6 atom stereocenters. The number of ether oxygens (including phenoxy) is 6. The minimum absolute atomic E-state index is 0.0209. The highest BCUT2D eigenvalue weighted by Crippen LogP contribution is 2.52. The van der Waals surface area contributed by atoms with Crippen LogP contribution in [0.1, 0.15) is 82.7 Å². The van der Waals surface area contributed by atoms with Gasteiger partial charge in [-0.3, -0.25) is 24.0 Å². The lowest BCUT2D eigenvalue weighted by molar-refractivity contribution is -0.250. The molecule has 17 heteroatoms. The van der Waals surface area contributed by atoms with Gasteiger partial charge >= 0.3 is 11.9 Å². The summed E-state index contributed by atoms with van der Waals surface area (Å²) < 4.78 is 32.7. The number of phenolic OH excluding ortho intramolecular Hbond substituents is 2. The summed E-state index contributed by atoms with van der Waals surface area (Å²) in [6.07, 6.45) is -6.90. The lowest BCUT2D eigenvalue weighted by atomic mass is 9.72. The average Bonchev–Trinajstić information content (AvgIpc) is 3.08. The summed E-state index contributed by atoms with van der Waals surface area (Å²) in [5.74, 6) is -5.37. The zero-order chi connectivity index (χ0) is 38.1. The smallest absolute Gasteiger partial charge is 0.305 e. The van der Waals surface area contributed by atoms with E-state index in [0.717, 1.165) is 13.8 Å². The Kier molecular flexibility index (Phi) is 11.6. The number of nitrogens with one attached hydrogen (secondary N) is 1. The second-order valence-corrected chi connectivity index (χ2v) is 12.8. The number of Topliss-reactive ketones (excluding diaryl/α,β-unsaturated/α-hetero) is 1. The Labute approximate surface area is 297 Å². The van der Waals surface area contributed by atoms with E-state index in [9.17, 15) is 49.5 Å². The van der Waals surface area contributed by atoms with Crippen molar-refractivity contribution in [3.8, 4) is 17.2 Å². The maximum Gasteiger partial charge on any atom is 0.305 e. The topological polar surface area (TPSA) is 254 Å². The summed E-state index contributed by atoms with van der Waals surface area (Å²) in [4.78, 5) is 63.0. The maximum absolute atomic E-state index is 13.9. The Balaban J connectivity index is 1.41. The van der Waals surface area contributed by atoms with E-state index in [2.05, 4.69) is 5.32 Å². The molecule has 6 N–H and O–H groups in total. The van der Waals surface area contributed by atoms with E-state index in [0.29, 0.717) is 0 Å². The molecule has 2 aromatic carbocycles. The van der Waals surface area contributed by atoms with Crippen molar-refractivity contribution in [2.75, 3.05) is 33.5 Å². The first-order valence-electron chi connectivity index (χ1n) is 16.5. The van der Waals surface area contributed by atoms with Gasteiger partial charge in [0, 0.05) is 62.4 Å². The van der Waals surface area contributed by atoms with Gasteiger partial charge in [-0.05, 0) is 13.0 Å². The Bertz CT molecular complexity index is 1740. The molecule has 0 unspecified atom stereocenters. The fourth-order valence-electron chi connectivity index (χ4n) is 6.88. The largest absolute Gasteiger partial charge is 0.507 e. The first-order chi connectivity index (χ1) is 24.6. The van der Waals surface area contributed by atoms with Crippen LogP contribution in [0.5, 0.6) is 17.2 Å². The molecular formula is C35H41NO16. The maximum atomic E-state index is 13.9. The van der Waals surface area contributed by atoms with Gasteiger partial charge in [-0.2, -0.15) is 0 Å². The van der Waals surface area contributed by atoms with Crippen LogP contribution in [0.4, 0.5) is 0 Å². The minimum atomic E-state index is -2.32. The van der Waals surface area contributed by atoms with Crippen molar-refractivity contribution >= 4 is 29.3 Å². The number of hydrogen-bond donors (Lipinski definition) is 6. The number of aliphatic hydroxyl groups is 3. The number of benzene rings is 2. The number of methoxy groups -OCH3 is 1. The van der Waals surface area contributed by atoms with Crippen molar-refractivity contribution in [1.29, 1.82) is 0 Å². The lowest BCUT2D eigenvalue weighted by Gasteiger charge is -2.43. The van der Waals surface area contributed by atoms with Gasteiger partial charge < -0.3 is 59.3 Å². The first kappa shape index (κ1) is 38.7. The van der Waals surface area contributed by atoms with E-state index in [1.165, 1.54) is 25.3 Å². The predicted molar refractivity (Wildman–Crippen MR) is 174 cm³/mol. The molecule has 2 aromatic rings. The van der Waals surface area contributed by atoms with Crippen LogP contribution in [-0.2, 0) is 44.5 Å². The second kappa shape index (κ2) is 15.6. The summed E-state index contributed by atoms with van der Waals surface area (Å²) in [5.41, 5.74) is -3.96. The molecule has 1 aliphatic heterocycles. The van der Waals surface area contributed by atoms with Gasteiger partial charge in [0.25, 0.3) is 6.29 Å². The highest BCUT2D eigenvalue weighted by molar-refractivity contribution is 6.31. The number of aliphatic hydroxyl groups excluding tert-OH is 2. The Morgan fingerprint density at radius 1 is 1.04 bits per heavy atom. The standard InChI is InChI=1S/C35H41NO16/c1-15-30(41)20(36-8-9-48-14-25(50-16(2)38)51-17(3)39)10-24(49-15)52-22-12-35(46,23(40)13-37)11-19-27(22)34(45)29-28(32(19)43)31(42)18-6-5-7-21(47-4)26(18)33(29)44/h5-7,15,20,22,24-25,30,36-37,41,43,45-46H,8-14H2,1-4H3/t15-,20-,22-,24-,30+,35-/m0/s1. The van der Waals surface area contributed by atoms with Crippen molar-refractivity contribution in [1.82, 2.24) is 5.32 Å². The van der Waals surface area contributed by atoms with Crippen LogP contribution in [0.3, 0.4) is 0 Å². The van der Waals surface area contributed by atoms with Crippen molar-refractivity contribution < 1.29 is 77.9 Å². The molecule has 5 rings (SSSR count). The van der Waals surface area contributed by atoms with E-state index >= 15 is 0 Å². The van der Waals surface area contributed by atoms with Crippen LogP contribution in [0.15, 0.2) is 18.2 Å². The summed E-state index contributed by atoms with van der Waals surface area (Å²) >= 11 is 0. The number of carbonyl (C=O) groups is 5. The monoisotopic (exact) mass is 731 g/mol. The van der Waals surface area contributed by atoms with Crippen LogP contribution in [0.2, 0.25) is 0 Å². The lowest BCUT2D eigenvalue weighted by Crippen LogP contribution is -2.55. The van der Waals surface area contributed by atoms with Gasteiger partial charge in [0.1, 0.15) is 36.1 Å². The highest BCUT2D eigenvalue weighted by Gasteiger charge is 2.50. The highest BCUT2D eigenvalue weighted by atomic mass is 16.7. The van der Waals surface area contributed by atoms with Gasteiger partial charge in [0.05, 0.1) is 48.7 Å². The minimum Gasteiger partial charge on any atom is -0.507 e. The fraction of sp³-hybridized carbons (Fsp3) is 0.514. The van der Waals surface area contributed by atoms with E-state index in [1.807, 2.05) is 0 Å². The second-order valence-electron chi connectivity index (χ2n) is 12.8. The zero-order valence-corrected chi connectivity index (χ0v) is 28.9. The van der Waals surface area contributed by atoms with Crippen molar-refractivity contribution in [2.24, 2.45) is 0 Å². The van der Waals surface area contributed by atoms with Crippen molar-refractivity contribution in [3.63, 3.8) is 0 Å². The van der Waals surface area contributed by atoms with Crippen LogP contribution in [0, 0.1) is 0 Å². The summed E-state index contributed by atoms with van der Waals surface area (Å²) in [6, 6.07) is 3.64. The molecule has 0 spiro atoms. The number of esters is 2. The molecule has 0 radical (unpaired) electrons. The molecule has 0 amide bonds. The van der Waals surface area contributed by atoms with Crippen LogP contribution in [-0.4, -0.2) is 125 Å². The van der Waals surface area contributed by atoms with Crippen molar-refractivity contribution in [3.05, 3.63) is 51.6 Å². The molecule has 2 aliphatic carbocycles. The normalized spacial score (nSPS) is 25.2. The fourth-order valence-corrected chi connectivity index (χ4v) is 6.88. The molecule has 0 bridgehead atoms. The third kappa shape index (κ3) is 7.52. The summed E-state index contributed by atoms with van der Waals surface area (Å²) in [6.45, 7) is 2.75.